The minimum Gasteiger partial charge on any atom is -0.488 e. The smallest absolute Gasteiger partial charge is 0.253 e. The number of nitrogens with one attached hydrogen (secondary N) is 1. The molecule has 2 aliphatic rings. The summed E-state index contributed by atoms with van der Waals surface area (Å²) in [5.41, 5.74) is 1.56. The Morgan fingerprint density at radius 2 is 2.09 bits per heavy atom. The van der Waals surface area contributed by atoms with Crippen LogP contribution in [0.5, 0.6) is 5.75 Å². The summed E-state index contributed by atoms with van der Waals surface area (Å²) in [4.78, 5) is 14.5. The second kappa shape index (κ2) is 7.36. The van der Waals surface area contributed by atoms with Crippen LogP contribution in [0.2, 0.25) is 5.02 Å². The van der Waals surface area contributed by atoms with Gasteiger partial charge >= 0.3 is 0 Å². The van der Waals surface area contributed by atoms with Gasteiger partial charge in [0.1, 0.15) is 12.4 Å². The summed E-state index contributed by atoms with van der Waals surface area (Å²) in [6.45, 7) is 2.26. The number of fused-ring (bicyclic) bond motifs is 1. The molecule has 1 fully saturated rings. The van der Waals surface area contributed by atoms with E-state index in [1.54, 1.807) is 6.07 Å². The van der Waals surface area contributed by atoms with E-state index < -0.39 is 0 Å². The Hall–Kier alpha value is -1.23. The Labute approximate surface area is 141 Å². The van der Waals surface area contributed by atoms with Crippen LogP contribution in [0.1, 0.15) is 18.4 Å². The Morgan fingerprint density at radius 3 is 2.82 bits per heavy atom. The summed E-state index contributed by atoms with van der Waals surface area (Å²) < 4.78 is 5.66. The van der Waals surface area contributed by atoms with Crippen molar-refractivity contribution >= 4 is 36.0 Å². The normalized spacial score (nSPS) is 17.6. The predicted octanol–water partition coefficient (Wildman–Crippen LogP) is 2.75. The minimum atomic E-state index is 0. The fourth-order valence-corrected chi connectivity index (χ4v) is 3.04. The van der Waals surface area contributed by atoms with Gasteiger partial charge < -0.3 is 15.0 Å². The number of rotatable bonds is 2. The van der Waals surface area contributed by atoms with E-state index >= 15 is 0 Å². The molecule has 6 heteroatoms. The minimum absolute atomic E-state index is 0. The van der Waals surface area contributed by atoms with Crippen molar-refractivity contribution in [2.24, 2.45) is 0 Å². The molecule has 120 valence electrons. The first kappa shape index (κ1) is 17.1. The summed E-state index contributed by atoms with van der Waals surface area (Å²) in [6.07, 6.45) is 3.89. The topological polar surface area (TPSA) is 41.6 Å². The lowest BCUT2D eigenvalue weighted by Gasteiger charge is -2.32. The molecule has 2 aliphatic heterocycles. The second-order valence-electron chi connectivity index (χ2n) is 5.54. The van der Waals surface area contributed by atoms with Crippen LogP contribution in [0.4, 0.5) is 0 Å². The van der Waals surface area contributed by atoms with E-state index in [-0.39, 0.29) is 18.3 Å². The van der Waals surface area contributed by atoms with Crippen molar-refractivity contribution < 1.29 is 9.53 Å². The molecule has 1 saturated heterocycles. The van der Waals surface area contributed by atoms with Gasteiger partial charge in [-0.1, -0.05) is 11.6 Å². The zero-order valence-corrected chi connectivity index (χ0v) is 14.0. The maximum Gasteiger partial charge on any atom is 0.253 e. The van der Waals surface area contributed by atoms with Crippen molar-refractivity contribution in [3.63, 3.8) is 0 Å². The molecule has 3 rings (SSSR count). The maximum atomic E-state index is 12.6. The highest BCUT2D eigenvalue weighted by Crippen LogP contribution is 2.29. The van der Waals surface area contributed by atoms with Crippen LogP contribution in [0, 0.1) is 0 Å². The number of likely N-dealkylation sites (N-methyl/N-ethyl adjacent to an activating group) is 1. The highest BCUT2D eigenvalue weighted by molar-refractivity contribution is 6.30. The van der Waals surface area contributed by atoms with Gasteiger partial charge in [-0.3, -0.25) is 4.79 Å². The van der Waals surface area contributed by atoms with E-state index in [2.05, 4.69) is 5.32 Å². The highest BCUT2D eigenvalue weighted by Gasteiger charge is 2.26. The number of nitrogens with zero attached hydrogens (tertiary/aromatic N) is 1. The largest absolute Gasteiger partial charge is 0.488 e. The molecule has 0 aliphatic carbocycles. The molecule has 1 N–H and O–H groups in total. The van der Waals surface area contributed by atoms with Crippen LogP contribution in [-0.2, 0) is 4.79 Å². The van der Waals surface area contributed by atoms with Gasteiger partial charge in [0.15, 0.2) is 0 Å². The van der Waals surface area contributed by atoms with Crippen LogP contribution in [0.25, 0.3) is 6.08 Å². The zero-order valence-electron chi connectivity index (χ0n) is 12.5. The Balaban J connectivity index is 0.00000176. The predicted molar refractivity (Wildman–Crippen MR) is 90.8 cm³/mol. The quantitative estimate of drug-likeness (QED) is 0.898. The van der Waals surface area contributed by atoms with Crippen molar-refractivity contribution in [1.29, 1.82) is 0 Å². The van der Waals surface area contributed by atoms with Gasteiger partial charge in [-0.05, 0) is 50.2 Å². The summed E-state index contributed by atoms with van der Waals surface area (Å²) in [5, 5.41) is 3.96. The number of halogens is 2. The van der Waals surface area contributed by atoms with E-state index in [0.29, 0.717) is 23.2 Å². The maximum absolute atomic E-state index is 12.6. The third-order valence-corrected chi connectivity index (χ3v) is 4.37. The lowest BCUT2D eigenvalue weighted by atomic mass is 10.0. The first-order valence-electron chi connectivity index (χ1n) is 7.26. The summed E-state index contributed by atoms with van der Waals surface area (Å²) in [7, 11) is 1.88. The summed E-state index contributed by atoms with van der Waals surface area (Å²) in [5.74, 6) is 0.827. The first-order valence-corrected chi connectivity index (χ1v) is 7.64. The van der Waals surface area contributed by atoms with E-state index in [9.17, 15) is 4.79 Å². The standard InChI is InChI=1S/C16H19ClN2O2.ClH/c1-19(14-4-6-18-7-5-14)16(20)12-8-11-9-13(17)2-3-15(11)21-10-12;/h2-3,8-9,14,18H,4-7,10H2,1H3;1H. The Kier molecular flexibility index (Phi) is 5.73. The molecule has 0 unspecified atom stereocenters. The molecule has 0 saturated carbocycles. The third-order valence-electron chi connectivity index (χ3n) is 4.14. The van der Waals surface area contributed by atoms with Crippen molar-refractivity contribution in [2.45, 2.75) is 18.9 Å². The van der Waals surface area contributed by atoms with Gasteiger partial charge in [-0.2, -0.15) is 0 Å². The van der Waals surface area contributed by atoms with Crippen LogP contribution in [-0.4, -0.2) is 43.6 Å². The van der Waals surface area contributed by atoms with Gasteiger partial charge in [0.2, 0.25) is 0 Å². The van der Waals surface area contributed by atoms with E-state index in [4.69, 9.17) is 16.3 Å². The molecule has 0 bridgehead atoms. The number of amides is 1. The average molecular weight is 343 g/mol. The molecular weight excluding hydrogens is 323 g/mol. The van der Waals surface area contributed by atoms with Crippen molar-refractivity contribution in [1.82, 2.24) is 10.2 Å². The molecule has 22 heavy (non-hydrogen) atoms. The van der Waals surface area contributed by atoms with Crippen molar-refractivity contribution in [3.8, 4) is 5.75 Å². The molecule has 2 heterocycles. The number of hydrogen-bond donors (Lipinski definition) is 1. The first-order chi connectivity index (χ1) is 10.1. The zero-order chi connectivity index (χ0) is 14.8. The van der Waals surface area contributed by atoms with E-state index in [1.807, 2.05) is 30.2 Å². The van der Waals surface area contributed by atoms with Gasteiger partial charge in [-0.15, -0.1) is 12.4 Å². The summed E-state index contributed by atoms with van der Waals surface area (Å²) >= 11 is 6.00. The molecular formula is C16H20Cl2N2O2. The third kappa shape index (κ3) is 3.57. The molecule has 1 amide bonds. The fraction of sp³-hybridized carbons (Fsp3) is 0.438. The lowest BCUT2D eigenvalue weighted by molar-refractivity contribution is -0.128. The molecule has 0 aromatic heterocycles. The monoisotopic (exact) mass is 342 g/mol. The molecule has 4 nitrogen and oxygen atoms in total. The second-order valence-corrected chi connectivity index (χ2v) is 5.97. The van der Waals surface area contributed by atoms with E-state index in [1.165, 1.54) is 0 Å². The van der Waals surface area contributed by atoms with Gasteiger partial charge in [0, 0.05) is 23.7 Å². The molecule has 0 atom stereocenters. The number of benzene rings is 1. The average Bonchev–Trinajstić information content (AvgIpc) is 2.53. The molecule has 0 radical (unpaired) electrons. The van der Waals surface area contributed by atoms with Gasteiger partial charge in [0.05, 0.1) is 5.57 Å². The Bertz CT molecular complexity index is 584. The number of carbonyl (C=O) groups is 1. The van der Waals surface area contributed by atoms with Crippen LogP contribution < -0.4 is 10.1 Å². The molecule has 1 aromatic rings. The fourth-order valence-electron chi connectivity index (χ4n) is 2.86. The van der Waals surface area contributed by atoms with Crippen LogP contribution in [0.15, 0.2) is 23.8 Å². The number of hydrogen-bond acceptors (Lipinski definition) is 3. The van der Waals surface area contributed by atoms with Crippen molar-refractivity contribution in [3.05, 3.63) is 34.4 Å². The molecule has 0 spiro atoms. The van der Waals surface area contributed by atoms with Crippen LogP contribution >= 0.6 is 24.0 Å². The highest BCUT2D eigenvalue weighted by atomic mass is 35.5. The molecule has 1 aromatic carbocycles. The number of piperidine rings is 1. The van der Waals surface area contributed by atoms with Crippen molar-refractivity contribution in [2.75, 3.05) is 26.7 Å². The number of ether oxygens (including phenoxy) is 1. The SMILES string of the molecule is CN(C(=O)C1=Cc2cc(Cl)ccc2OC1)C1CCNCC1.Cl. The van der Waals surface area contributed by atoms with Gasteiger partial charge in [0.25, 0.3) is 5.91 Å². The van der Waals surface area contributed by atoms with Gasteiger partial charge in [-0.25, -0.2) is 0 Å². The van der Waals surface area contributed by atoms with E-state index in [0.717, 1.165) is 37.2 Å². The number of carbonyl (C=O) groups excluding carboxylic acids is 1. The summed E-state index contributed by atoms with van der Waals surface area (Å²) in [6, 6.07) is 5.77. The van der Waals surface area contributed by atoms with Crippen LogP contribution in [0.3, 0.4) is 0 Å². The Morgan fingerprint density at radius 1 is 1.36 bits per heavy atom. The lowest BCUT2D eigenvalue weighted by Crippen LogP contribution is -2.45.